The molecule has 0 saturated carbocycles. The van der Waals surface area contributed by atoms with Gasteiger partial charge in [0.2, 0.25) is 0 Å². The number of anilines is 2. The van der Waals surface area contributed by atoms with Gasteiger partial charge >= 0.3 is 6.18 Å². The lowest BCUT2D eigenvalue weighted by Gasteiger charge is -2.20. The van der Waals surface area contributed by atoms with Gasteiger partial charge in [-0.3, -0.25) is 0 Å². The van der Waals surface area contributed by atoms with Crippen LogP contribution in [-0.2, 0) is 6.18 Å². The monoisotopic (exact) mass is 506 g/mol. The minimum atomic E-state index is -4.71. The van der Waals surface area contributed by atoms with Crippen molar-refractivity contribution in [3.8, 4) is 0 Å². The quantitative estimate of drug-likeness (QED) is 0.279. The van der Waals surface area contributed by atoms with Crippen LogP contribution in [0.3, 0.4) is 0 Å². The highest BCUT2D eigenvalue weighted by Crippen LogP contribution is 2.48. The summed E-state index contributed by atoms with van der Waals surface area (Å²) in [5.74, 6) is -1.50. The topological polar surface area (TPSA) is 48.1 Å². The van der Waals surface area contributed by atoms with Crippen LogP contribution < -0.4 is 21.3 Å². The molecule has 0 aliphatic carbocycles. The maximum atomic E-state index is 15.2. The molecule has 0 amide bonds. The minimum Gasteiger partial charge on any atom is -0.376 e. The van der Waals surface area contributed by atoms with E-state index < -0.39 is 29.5 Å². The van der Waals surface area contributed by atoms with Crippen LogP contribution >= 0.6 is 23.2 Å². The Labute approximate surface area is 197 Å². The van der Waals surface area contributed by atoms with Crippen molar-refractivity contribution in [2.45, 2.75) is 31.6 Å². The van der Waals surface area contributed by atoms with E-state index in [1.54, 1.807) is 0 Å². The second-order valence-corrected chi connectivity index (χ2v) is 8.63. The van der Waals surface area contributed by atoms with Crippen molar-refractivity contribution in [1.29, 1.82) is 0 Å². The predicted octanol–water partition coefficient (Wildman–Crippen LogP) is 6.44. The summed E-state index contributed by atoms with van der Waals surface area (Å²) in [6.45, 7) is 1.92. The van der Waals surface area contributed by atoms with Crippen LogP contribution in [0, 0.1) is 11.6 Å². The molecule has 1 unspecified atom stereocenters. The minimum absolute atomic E-state index is 0.0196. The molecule has 2 aromatic carbocycles. The Morgan fingerprint density at radius 2 is 1.64 bits per heavy atom. The van der Waals surface area contributed by atoms with Gasteiger partial charge in [0, 0.05) is 23.2 Å². The lowest BCUT2D eigenvalue weighted by molar-refractivity contribution is -0.138. The summed E-state index contributed by atoms with van der Waals surface area (Å²) < 4.78 is 69.8. The van der Waals surface area contributed by atoms with Crippen LogP contribution in [0.4, 0.5) is 33.3 Å². The van der Waals surface area contributed by atoms with E-state index in [4.69, 9.17) is 23.2 Å². The van der Waals surface area contributed by atoms with Crippen LogP contribution in [0.25, 0.3) is 5.57 Å². The highest BCUT2D eigenvalue weighted by Gasteiger charge is 2.38. The van der Waals surface area contributed by atoms with Crippen LogP contribution in [0.1, 0.15) is 42.1 Å². The summed E-state index contributed by atoms with van der Waals surface area (Å²) in [6.07, 6.45) is -3.71. The molecule has 2 aliphatic heterocycles. The van der Waals surface area contributed by atoms with E-state index in [0.717, 1.165) is 37.6 Å². The van der Waals surface area contributed by atoms with Crippen molar-refractivity contribution >= 4 is 40.1 Å². The molecule has 2 aromatic rings. The molecule has 2 heterocycles. The largest absolute Gasteiger partial charge is 0.416 e. The average Bonchev–Trinajstić information content (AvgIpc) is 3.18. The average molecular weight is 507 g/mol. The summed E-state index contributed by atoms with van der Waals surface area (Å²) in [5.41, 5.74) is -0.420. The predicted molar refractivity (Wildman–Crippen MR) is 120 cm³/mol. The zero-order chi connectivity index (χ0) is 23.8. The molecule has 33 heavy (non-hydrogen) atoms. The van der Waals surface area contributed by atoms with E-state index in [1.165, 1.54) is 0 Å². The van der Waals surface area contributed by atoms with Crippen LogP contribution in [0.2, 0.25) is 5.02 Å². The Morgan fingerprint density at radius 1 is 0.909 bits per heavy atom. The molecular weight excluding hydrogens is 486 g/mol. The van der Waals surface area contributed by atoms with Crippen molar-refractivity contribution in [2.75, 3.05) is 30.3 Å². The number of nitrogens with one attached hydrogen (secondary N) is 4. The molecule has 0 aromatic heterocycles. The smallest absolute Gasteiger partial charge is 0.376 e. The number of rotatable bonds is 2. The van der Waals surface area contributed by atoms with Crippen LogP contribution in [0.15, 0.2) is 29.4 Å². The first kappa shape index (κ1) is 23.9. The van der Waals surface area contributed by atoms with Gasteiger partial charge in [-0.15, -0.1) is 0 Å². The van der Waals surface area contributed by atoms with E-state index in [0.29, 0.717) is 31.1 Å². The lowest BCUT2D eigenvalue weighted by Crippen LogP contribution is -2.23. The third kappa shape index (κ3) is 5.00. The summed E-state index contributed by atoms with van der Waals surface area (Å²) in [4.78, 5) is 0. The fourth-order valence-electron chi connectivity index (χ4n) is 4.07. The first-order valence-electron chi connectivity index (χ1n) is 10.4. The fraction of sp³-hybridized carbons (Fsp3) is 0.364. The SMILES string of the molecule is Fc1ccc(C(F)(F)F)c(C2Nc3c(Cl)cc(F)c(/C4=C(\Cl)NCCCCNCC4)c3N2)c1. The fourth-order valence-corrected chi connectivity index (χ4v) is 4.60. The van der Waals surface area contributed by atoms with E-state index in [2.05, 4.69) is 21.3 Å². The first-order valence-corrected chi connectivity index (χ1v) is 11.2. The van der Waals surface area contributed by atoms with Gasteiger partial charge in [0.1, 0.15) is 23.0 Å². The van der Waals surface area contributed by atoms with Gasteiger partial charge < -0.3 is 21.3 Å². The summed E-state index contributed by atoms with van der Waals surface area (Å²) in [6, 6.07) is 3.31. The molecule has 1 atom stereocenters. The second kappa shape index (κ2) is 9.56. The van der Waals surface area contributed by atoms with Gasteiger partial charge in [-0.1, -0.05) is 23.2 Å². The molecule has 4 nitrogen and oxygen atoms in total. The van der Waals surface area contributed by atoms with Gasteiger partial charge in [-0.05, 0) is 56.6 Å². The van der Waals surface area contributed by atoms with Crippen LogP contribution in [-0.4, -0.2) is 19.6 Å². The van der Waals surface area contributed by atoms with Crippen LogP contribution in [0.5, 0.6) is 0 Å². The summed E-state index contributed by atoms with van der Waals surface area (Å²) in [7, 11) is 0. The van der Waals surface area contributed by atoms with Gasteiger partial charge in [0.25, 0.3) is 0 Å². The van der Waals surface area contributed by atoms with Crippen molar-refractivity contribution < 1.29 is 22.0 Å². The second-order valence-electron chi connectivity index (χ2n) is 7.84. The zero-order valence-electron chi connectivity index (χ0n) is 17.3. The number of hydrogen-bond acceptors (Lipinski definition) is 4. The van der Waals surface area contributed by atoms with Crippen molar-refractivity contribution in [1.82, 2.24) is 10.6 Å². The van der Waals surface area contributed by atoms with Gasteiger partial charge in [0.15, 0.2) is 0 Å². The Kier molecular flexibility index (Phi) is 6.93. The number of halogens is 7. The first-order chi connectivity index (χ1) is 15.7. The van der Waals surface area contributed by atoms with E-state index >= 15 is 4.39 Å². The van der Waals surface area contributed by atoms with Crippen molar-refractivity contribution in [2.24, 2.45) is 0 Å². The van der Waals surface area contributed by atoms with E-state index in [1.807, 2.05) is 0 Å². The Hall–Kier alpha value is -2.23. The number of benzene rings is 2. The third-order valence-electron chi connectivity index (χ3n) is 5.62. The van der Waals surface area contributed by atoms with Crippen molar-refractivity contribution in [3.05, 3.63) is 62.8 Å². The highest BCUT2D eigenvalue weighted by atomic mass is 35.5. The number of alkyl halides is 3. The van der Waals surface area contributed by atoms with E-state index in [-0.39, 0.29) is 32.7 Å². The standard InChI is InChI=1S/C22H21Cl2F5N4/c23-15-10-16(26)17(12-5-8-30-6-1-2-7-31-20(12)24)19-18(15)32-21(33-19)13-9-11(25)3-4-14(13)22(27,28)29/h3-4,9-10,21,30-33H,1-2,5-8H2/b20-12+. The number of fused-ring (bicyclic) bond motifs is 1. The molecule has 4 rings (SSSR count). The highest BCUT2D eigenvalue weighted by molar-refractivity contribution is 6.35. The Morgan fingerprint density at radius 3 is 2.39 bits per heavy atom. The molecule has 0 saturated heterocycles. The molecule has 11 heteroatoms. The normalized spacial score (nSPS) is 21.6. The molecule has 0 fully saturated rings. The zero-order valence-corrected chi connectivity index (χ0v) is 18.8. The maximum Gasteiger partial charge on any atom is 0.416 e. The molecular formula is C22H21Cl2F5N4. The molecule has 178 valence electrons. The third-order valence-corrected chi connectivity index (χ3v) is 6.28. The Balaban J connectivity index is 1.79. The molecule has 2 aliphatic rings. The van der Waals surface area contributed by atoms with Crippen molar-refractivity contribution in [3.63, 3.8) is 0 Å². The van der Waals surface area contributed by atoms with Gasteiger partial charge in [-0.25, -0.2) is 8.78 Å². The molecule has 4 N–H and O–H groups in total. The Bertz CT molecular complexity index is 1090. The number of hydrogen-bond donors (Lipinski definition) is 4. The maximum absolute atomic E-state index is 15.2. The summed E-state index contributed by atoms with van der Waals surface area (Å²) in [5, 5.41) is 12.3. The lowest BCUT2D eigenvalue weighted by atomic mass is 9.99. The van der Waals surface area contributed by atoms with E-state index in [9.17, 15) is 17.6 Å². The molecule has 0 spiro atoms. The molecule has 0 radical (unpaired) electrons. The van der Waals surface area contributed by atoms with Gasteiger partial charge in [-0.2, -0.15) is 13.2 Å². The van der Waals surface area contributed by atoms with Gasteiger partial charge in [0.05, 0.1) is 22.0 Å². The summed E-state index contributed by atoms with van der Waals surface area (Å²) >= 11 is 12.7. The molecule has 0 bridgehead atoms.